The minimum Gasteiger partial charge on any atom is -0.497 e. The lowest BCUT2D eigenvalue weighted by molar-refractivity contribution is -0.131. The van der Waals surface area contributed by atoms with Crippen molar-refractivity contribution < 1.29 is 9.53 Å². The first-order valence-electron chi connectivity index (χ1n) is 9.92. The molecule has 2 aromatic carbocycles. The Balaban J connectivity index is 1.73. The van der Waals surface area contributed by atoms with Crippen LogP contribution in [0.15, 0.2) is 48.5 Å². The molecule has 4 nitrogen and oxygen atoms in total. The zero-order valence-electron chi connectivity index (χ0n) is 16.9. The highest BCUT2D eigenvalue weighted by Gasteiger charge is 2.47. The number of thiocarbonyl (C=S) groups is 1. The zero-order valence-corrected chi connectivity index (χ0v) is 18.5. The van der Waals surface area contributed by atoms with Gasteiger partial charge in [-0.2, -0.15) is 0 Å². The third-order valence-electron chi connectivity index (χ3n) is 5.70. The molecule has 0 saturated heterocycles. The highest BCUT2D eigenvalue weighted by atomic mass is 35.5. The average molecular weight is 431 g/mol. The Hall–Kier alpha value is -2.11. The van der Waals surface area contributed by atoms with Crippen molar-refractivity contribution >= 4 is 34.7 Å². The Morgan fingerprint density at radius 3 is 2.59 bits per heavy atom. The van der Waals surface area contributed by atoms with E-state index in [2.05, 4.69) is 5.32 Å². The summed E-state index contributed by atoms with van der Waals surface area (Å²) in [7, 11) is 3.56. The second-order valence-corrected chi connectivity index (χ2v) is 8.15. The third kappa shape index (κ3) is 4.57. The maximum atomic E-state index is 13.2. The molecule has 0 aromatic heterocycles. The van der Waals surface area contributed by atoms with Gasteiger partial charge in [0.2, 0.25) is 0 Å². The Morgan fingerprint density at radius 1 is 1.21 bits per heavy atom. The van der Waals surface area contributed by atoms with Gasteiger partial charge in [-0.3, -0.25) is 4.79 Å². The standard InChI is InChI=1S/C23H27ClN2O2S/c1-26(22(29)25-16-14-17-10-12-18(28-2)13-11-17)23(15-6-5-9-21(23)27)19-7-3-4-8-20(19)24/h3-4,7-8,10-13H,5-6,9,14-16H2,1-2H3,(H,25,29). The topological polar surface area (TPSA) is 41.6 Å². The molecule has 2 aromatic rings. The second-order valence-electron chi connectivity index (χ2n) is 7.36. The monoisotopic (exact) mass is 430 g/mol. The second kappa shape index (κ2) is 9.59. The van der Waals surface area contributed by atoms with E-state index in [9.17, 15) is 4.79 Å². The molecule has 0 radical (unpaired) electrons. The largest absolute Gasteiger partial charge is 0.497 e. The van der Waals surface area contributed by atoms with Crippen LogP contribution in [0.5, 0.6) is 5.75 Å². The van der Waals surface area contributed by atoms with E-state index in [0.717, 1.165) is 30.6 Å². The van der Waals surface area contributed by atoms with Crippen molar-refractivity contribution in [3.05, 3.63) is 64.7 Å². The molecule has 1 aliphatic carbocycles. The van der Waals surface area contributed by atoms with E-state index in [1.54, 1.807) is 7.11 Å². The molecule has 6 heteroatoms. The van der Waals surface area contributed by atoms with Gasteiger partial charge in [0, 0.05) is 30.6 Å². The third-order valence-corrected chi connectivity index (χ3v) is 6.45. The lowest BCUT2D eigenvalue weighted by Crippen LogP contribution is -2.56. The highest BCUT2D eigenvalue weighted by Crippen LogP contribution is 2.42. The molecule has 1 aliphatic rings. The Labute approximate surface area is 183 Å². The van der Waals surface area contributed by atoms with Crippen LogP contribution in [0.2, 0.25) is 5.02 Å². The molecular weight excluding hydrogens is 404 g/mol. The van der Waals surface area contributed by atoms with E-state index >= 15 is 0 Å². The minimum absolute atomic E-state index is 0.179. The summed E-state index contributed by atoms with van der Waals surface area (Å²) in [5.41, 5.74) is 1.23. The predicted octanol–water partition coefficient (Wildman–Crippen LogP) is 4.74. The number of hydrogen-bond donors (Lipinski definition) is 1. The number of nitrogens with zero attached hydrogens (tertiary/aromatic N) is 1. The molecule has 0 spiro atoms. The summed E-state index contributed by atoms with van der Waals surface area (Å²) in [6.45, 7) is 0.683. The molecule has 0 aliphatic heterocycles. The highest BCUT2D eigenvalue weighted by molar-refractivity contribution is 7.80. The van der Waals surface area contributed by atoms with Crippen LogP contribution in [0.3, 0.4) is 0 Å². The van der Waals surface area contributed by atoms with Crippen molar-refractivity contribution in [2.24, 2.45) is 0 Å². The van der Waals surface area contributed by atoms with E-state index in [4.69, 9.17) is 28.6 Å². The van der Waals surface area contributed by atoms with Crippen LogP contribution in [0.25, 0.3) is 0 Å². The van der Waals surface area contributed by atoms with Gasteiger partial charge in [-0.1, -0.05) is 41.9 Å². The first-order valence-corrected chi connectivity index (χ1v) is 10.7. The number of carbonyl (C=O) groups is 1. The number of Topliss-reactive ketones (excluding diaryl/α,β-unsaturated/α-hetero) is 1. The lowest BCUT2D eigenvalue weighted by atomic mass is 9.74. The number of methoxy groups -OCH3 is 1. The molecule has 154 valence electrons. The summed E-state index contributed by atoms with van der Waals surface area (Å²) in [5, 5.41) is 4.49. The van der Waals surface area contributed by atoms with Crippen LogP contribution >= 0.6 is 23.8 Å². The van der Waals surface area contributed by atoms with E-state index in [1.807, 2.05) is 60.5 Å². The number of rotatable bonds is 6. The van der Waals surface area contributed by atoms with Gasteiger partial charge in [0.15, 0.2) is 10.9 Å². The summed E-state index contributed by atoms with van der Waals surface area (Å²) < 4.78 is 5.20. The number of carbonyl (C=O) groups excluding carboxylic acids is 1. The quantitative estimate of drug-likeness (QED) is 0.670. The summed E-state index contributed by atoms with van der Waals surface area (Å²) >= 11 is 12.2. The normalized spacial score (nSPS) is 18.9. The fourth-order valence-corrected chi connectivity index (χ4v) is 4.58. The number of benzene rings is 2. The zero-order chi connectivity index (χ0) is 20.9. The molecule has 1 fully saturated rings. The van der Waals surface area contributed by atoms with Crippen molar-refractivity contribution in [2.75, 3.05) is 20.7 Å². The van der Waals surface area contributed by atoms with Gasteiger partial charge in [0.1, 0.15) is 11.3 Å². The Morgan fingerprint density at radius 2 is 1.93 bits per heavy atom. The summed E-state index contributed by atoms with van der Waals surface area (Å²) in [5.74, 6) is 1.02. The van der Waals surface area contributed by atoms with Crippen molar-refractivity contribution in [2.45, 2.75) is 37.6 Å². The fourth-order valence-electron chi connectivity index (χ4n) is 4.03. The molecule has 3 rings (SSSR count). The number of likely N-dealkylation sites (N-methyl/N-ethyl adjacent to an activating group) is 1. The van der Waals surface area contributed by atoms with Gasteiger partial charge in [0.05, 0.1) is 7.11 Å². The molecule has 1 atom stereocenters. The van der Waals surface area contributed by atoms with Crippen molar-refractivity contribution in [3.8, 4) is 5.75 Å². The molecule has 1 saturated carbocycles. The van der Waals surface area contributed by atoms with Crippen molar-refractivity contribution in [3.63, 3.8) is 0 Å². The molecule has 0 heterocycles. The van der Waals surface area contributed by atoms with Crippen LogP contribution in [0, 0.1) is 0 Å². The molecule has 0 bridgehead atoms. The molecule has 1 unspecified atom stereocenters. The number of nitrogens with one attached hydrogen (secondary N) is 1. The van der Waals surface area contributed by atoms with E-state index in [1.165, 1.54) is 5.56 Å². The van der Waals surface area contributed by atoms with E-state index in [-0.39, 0.29) is 5.78 Å². The predicted molar refractivity (Wildman–Crippen MR) is 122 cm³/mol. The van der Waals surface area contributed by atoms with Gasteiger partial charge in [-0.05, 0) is 61.7 Å². The summed E-state index contributed by atoms with van der Waals surface area (Å²) in [4.78, 5) is 15.1. The van der Waals surface area contributed by atoms with Crippen LogP contribution in [0.1, 0.15) is 36.8 Å². The molecule has 1 N–H and O–H groups in total. The van der Waals surface area contributed by atoms with Crippen LogP contribution in [-0.4, -0.2) is 36.5 Å². The SMILES string of the molecule is COc1ccc(CCNC(=S)N(C)C2(c3ccccc3Cl)CCCCC2=O)cc1. The summed E-state index contributed by atoms with van der Waals surface area (Å²) in [6.07, 6.45) is 3.97. The minimum atomic E-state index is -0.805. The van der Waals surface area contributed by atoms with Gasteiger partial charge < -0.3 is 15.0 Å². The van der Waals surface area contributed by atoms with E-state index < -0.39 is 5.54 Å². The average Bonchev–Trinajstić information content (AvgIpc) is 2.74. The molecule has 29 heavy (non-hydrogen) atoms. The van der Waals surface area contributed by atoms with Crippen LogP contribution in [-0.2, 0) is 16.8 Å². The molecule has 0 amide bonds. The fraction of sp³-hybridized carbons (Fsp3) is 0.391. The lowest BCUT2D eigenvalue weighted by Gasteiger charge is -2.45. The van der Waals surface area contributed by atoms with E-state index in [0.29, 0.717) is 29.5 Å². The number of ether oxygens (including phenoxy) is 1. The van der Waals surface area contributed by atoms with Gasteiger partial charge >= 0.3 is 0 Å². The summed E-state index contributed by atoms with van der Waals surface area (Å²) in [6, 6.07) is 15.6. The Bertz CT molecular complexity index is 871. The van der Waals surface area contributed by atoms with Crippen molar-refractivity contribution in [1.29, 1.82) is 0 Å². The number of ketones is 1. The smallest absolute Gasteiger partial charge is 0.169 e. The first kappa shape index (κ1) is 21.6. The first-order chi connectivity index (χ1) is 14.0. The van der Waals surface area contributed by atoms with Crippen LogP contribution < -0.4 is 10.1 Å². The van der Waals surface area contributed by atoms with Gasteiger partial charge in [0.25, 0.3) is 0 Å². The van der Waals surface area contributed by atoms with Gasteiger partial charge in [-0.15, -0.1) is 0 Å². The van der Waals surface area contributed by atoms with Crippen LogP contribution in [0.4, 0.5) is 0 Å². The van der Waals surface area contributed by atoms with Crippen molar-refractivity contribution in [1.82, 2.24) is 10.2 Å². The maximum Gasteiger partial charge on any atom is 0.169 e. The maximum absolute atomic E-state index is 13.2. The molecular formula is C23H27ClN2O2S. The number of halogens is 1. The number of hydrogen-bond acceptors (Lipinski definition) is 3. The van der Waals surface area contributed by atoms with Gasteiger partial charge in [-0.25, -0.2) is 0 Å². The Kier molecular flexibility index (Phi) is 7.14.